The topological polar surface area (TPSA) is 37.4 Å². The van der Waals surface area contributed by atoms with Gasteiger partial charge < -0.3 is 0 Å². The first-order valence-electron chi connectivity index (χ1n) is 5.83. The largest absolute Gasteiger partial charge is 0.264 e. The number of rotatable bonds is 1. The zero-order valence-electron chi connectivity index (χ0n) is 11.1. The van der Waals surface area contributed by atoms with Gasteiger partial charge in [0.1, 0.15) is 0 Å². The van der Waals surface area contributed by atoms with Gasteiger partial charge in [0.2, 0.25) is 0 Å². The van der Waals surface area contributed by atoms with Crippen molar-refractivity contribution >= 4 is 15.7 Å². The summed E-state index contributed by atoms with van der Waals surface area (Å²) in [6.45, 7) is 7.32. The number of allylic oxidation sites excluding steroid dienone is 4. The first kappa shape index (κ1) is 12.9. The van der Waals surface area contributed by atoms with Crippen LogP contribution in [0, 0.1) is 0 Å². The fraction of sp³-hybridized carbons (Fsp3) is 0.286. The second kappa shape index (κ2) is 4.28. The quantitative estimate of drug-likeness (QED) is 0.778. The molecule has 1 heterocycles. The summed E-state index contributed by atoms with van der Waals surface area (Å²) < 4.78 is 26.4. The van der Waals surface area contributed by atoms with E-state index in [2.05, 4.69) is 0 Å². The molecule has 1 aliphatic rings. The summed E-state index contributed by atoms with van der Waals surface area (Å²) in [5.41, 5.74) is 3.32. The van der Waals surface area contributed by atoms with Gasteiger partial charge in [-0.05, 0) is 51.0 Å². The van der Waals surface area contributed by atoms with Gasteiger partial charge in [0.05, 0.1) is 10.6 Å². The lowest BCUT2D eigenvalue weighted by molar-refractivity contribution is 0.599. The van der Waals surface area contributed by atoms with E-state index in [1.165, 1.54) is 4.31 Å². The minimum absolute atomic E-state index is 0.425. The smallest absolute Gasteiger partial charge is 0.239 e. The predicted molar refractivity (Wildman–Crippen MR) is 74.6 cm³/mol. The molecule has 0 fully saturated rings. The van der Waals surface area contributed by atoms with Gasteiger partial charge in [-0.15, -0.1) is 0 Å². The molecule has 0 bridgehead atoms. The molecule has 0 amide bonds. The van der Waals surface area contributed by atoms with Crippen LogP contribution >= 0.6 is 0 Å². The summed E-state index contributed by atoms with van der Waals surface area (Å²) in [5.74, 6) is 0. The van der Waals surface area contributed by atoms with Gasteiger partial charge in [-0.2, -0.15) is 0 Å². The number of hydrogen-bond acceptors (Lipinski definition) is 2. The molecule has 2 rings (SSSR count). The van der Waals surface area contributed by atoms with Crippen LogP contribution in [0.3, 0.4) is 0 Å². The zero-order chi connectivity index (χ0) is 13.5. The van der Waals surface area contributed by atoms with Crippen molar-refractivity contribution in [1.29, 1.82) is 0 Å². The number of benzene rings is 1. The van der Waals surface area contributed by atoms with E-state index in [1.54, 1.807) is 6.92 Å². The van der Waals surface area contributed by atoms with Crippen LogP contribution in [-0.2, 0) is 10.0 Å². The highest BCUT2D eigenvalue weighted by Crippen LogP contribution is 2.36. The molecule has 96 valence electrons. The molecule has 4 heteroatoms. The van der Waals surface area contributed by atoms with E-state index in [9.17, 15) is 8.42 Å². The van der Waals surface area contributed by atoms with Gasteiger partial charge in [0.15, 0.2) is 0 Å². The van der Waals surface area contributed by atoms with Crippen LogP contribution in [0.2, 0.25) is 0 Å². The second-order valence-corrected chi connectivity index (χ2v) is 6.42. The lowest BCUT2D eigenvalue weighted by Crippen LogP contribution is -2.33. The number of para-hydroxylation sites is 1. The fourth-order valence-electron chi connectivity index (χ4n) is 2.09. The third-order valence-corrected chi connectivity index (χ3v) is 5.60. The van der Waals surface area contributed by atoms with Crippen molar-refractivity contribution in [2.45, 2.75) is 27.7 Å². The molecule has 0 spiro atoms. The summed E-state index contributed by atoms with van der Waals surface area (Å²) in [7, 11) is -3.43. The summed E-state index contributed by atoms with van der Waals surface area (Å²) >= 11 is 0. The van der Waals surface area contributed by atoms with Gasteiger partial charge in [-0.3, -0.25) is 0 Å². The van der Waals surface area contributed by atoms with Crippen molar-refractivity contribution in [3.8, 4) is 0 Å². The second-order valence-electron chi connectivity index (χ2n) is 4.50. The third kappa shape index (κ3) is 1.77. The molecule has 0 unspecified atom stereocenters. The Balaban J connectivity index is 2.70. The van der Waals surface area contributed by atoms with Crippen molar-refractivity contribution in [2.75, 3.05) is 4.31 Å². The summed E-state index contributed by atoms with van der Waals surface area (Å²) in [6.07, 6.45) is 0. The molecule has 1 aliphatic heterocycles. The summed E-state index contributed by atoms with van der Waals surface area (Å²) in [5, 5.41) is 0. The Morgan fingerprint density at radius 2 is 1.44 bits per heavy atom. The zero-order valence-corrected chi connectivity index (χ0v) is 11.9. The molecule has 3 nitrogen and oxygen atoms in total. The van der Waals surface area contributed by atoms with Crippen molar-refractivity contribution in [2.24, 2.45) is 0 Å². The number of anilines is 1. The SMILES string of the molecule is CC1=C(C)N(c2ccccc2)S(=O)(=O)C(C)=C1C. The van der Waals surface area contributed by atoms with E-state index in [0.29, 0.717) is 10.6 Å². The van der Waals surface area contributed by atoms with E-state index in [4.69, 9.17) is 0 Å². The molecule has 0 atom stereocenters. The maximum absolute atomic E-state index is 12.5. The van der Waals surface area contributed by atoms with Crippen LogP contribution in [0.5, 0.6) is 0 Å². The first-order chi connectivity index (χ1) is 8.37. The van der Waals surface area contributed by atoms with Gasteiger partial charge in [-0.1, -0.05) is 18.2 Å². The van der Waals surface area contributed by atoms with Crippen LogP contribution in [0.4, 0.5) is 5.69 Å². The summed E-state index contributed by atoms with van der Waals surface area (Å²) in [6, 6.07) is 9.17. The lowest BCUT2D eigenvalue weighted by Gasteiger charge is -2.31. The van der Waals surface area contributed by atoms with Gasteiger partial charge in [-0.25, -0.2) is 12.7 Å². The van der Waals surface area contributed by atoms with E-state index >= 15 is 0 Å². The van der Waals surface area contributed by atoms with Crippen molar-refractivity contribution < 1.29 is 8.42 Å². The third-order valence-electron chi connectivity index (χ3n) is 3.56. The maximum atomic E-state index is 12.5. The average Bonchev–Trinajstić information content (AvgIpc) is 2.35. The Hall–Kier alpha value is -1.55. The van der Waals surface area contributed by atoms with E-state index in [-0.39, 0.29) is 0 Å². The van der Waals surface area contributed by atoms with Gasteiger partial charge >= 0.3 is 0 Å². The number of hydrogen-bond donors (Lipinski definition) is 0. The average molecular weight is 263 g/mol. The Kier molecular flexibility index (Phi) is 3.07. The Labute approximate surface area is 108 Å². The molecule has 0 saturated heterocycles. The normalized spacial score (nSPS) is 19.4. The minimum atomic E-state index is -3.43. The Bertz CT molecular complexity index is 640. The molecule has 0 saturated carbocycles. The molecule has 1 aromatic rings. The number of sulfonamides is 1. The highest BCUT2D eigenvalue weighted by atomic mass is 32.2. The van der Waals surface area contributed by atoms with Crippen molar-refractivity contribution in [3.05, 3.63) is 52.1 Å². The lowest BCUT2D eigenvalue weighted by atomic mass is 10.1. The van der Waals surface area contributed by atoms with Crippen molar-refractivity contribution in [1.82, 2.24) is 0 Å². The van der Waals surface area contributed by atoms with Gasteiger partial charge in [0.25, 0.3) is 10.0 Å². The van der Waals surface area contributed by atoms with Crippen LogP contribution in [0.1, 0.15) is 27.7 Å². The molecule has 0 radical (unpaired) electrons. The van der Waals surface area contributed by atoms with Crippen LogP contribution < -0.4 is 4.31 Å². The highest BCUT2D eigenvalue weighted by molar-refractivity contribution is 7.96. The van der Waals surface area contributed by atoms with E-state index in [1.807, 2.05) is 51.1 Å². The van der Waals surface area contributed by atoms with Gasteiger partial charge in [0, 0.05) is 5.70 Å². The Morgan fingerprint density at radius 3 is 2.00 bits per heavy atom. The van der Waals surface area contributed by atoms with Crippen LogP contribution in [0.25, 0.3) is 0 Å². The monoisotopic (exact) mass is 263 g/mol. The maximum Gasteiger partial charge on any atom is 0.264 e. The highest BCUT2D eigenvalue weighted by Gasteiger charge is 2.32. The van der Waals surface area contributed by atoms with E-state index < -0.39 is 10.0 Å². The molecular formula is C14H17NO2S. The molecule has 18 heavy (non-hydrogen) atoms. The molecule has 0 N–H and O–H groups in total. The van der Waals surface area contributed by atoms with Crippen LogP contribution in [-0.4, -0.2) is 8.42 Å². The fourth-order valence-corrected chi connectivity index (χ4v) is 3.80. The molecule has 0 aromatic heterocycles. The minimum Gasteiger partial charge on any atom is -0.239 e. The van der Waals surface area contributed by atoms with Crippen molar-refractivity contribution in [3.63, 3.8) is 0 Å². The standard InChI is InChI=1S/C14H17NO2S/c1-10-11(2)13(4)18(16,17)15(12(10)3)14-8-6-5-7-9-14/h5-9H,1-4H3. The predicted octanol–water partition coefficient (Wildman–Crippen LogP) is 3.42. The molecule has 1 aromatic carbocycles. The molecular weight excluding hydrogens is 246 g/mol. The number of nitrogens with zero attached hydrogens (tertiary/aromatic N) is 1. The Morgan fingerprint density at radius 1 is 0.889 bits per heavy atom. The summed E-state index contributed by atoms with van der Waals surface area (Å²) in [4.78, 5) is 0.425. The first-order valence-corrected chi connectivity index (χ1v) is 7.27. The van der Waals surface area contributed by atoms with E-state index in [0.717, 1.165) is 16.8 Å². The molecule has 0 aliphatic carbocycles. The van der Waals surface area contributed by atoms with Crippen LogP contribution in [0.15, 0.2) is 52.1 Å².